The number of nitrogens with zero attached hydrogens (tertiary/aromatic N) is 5. The average molecular weight is 492 g/mol. The third kappa shape index (κ3) is 6.04. The van der Waals surface area contributed by atoms with E-state index in [-0.39, 0.29) is 24.9 Å². The lowest BCUT2D eigenvalue weighted by Crippen LogP contribution is -2.32. The Bertz CT molecular complexity index is 1220. The maximum absolute atomic E-state index is 13.1. The fraction of sp³-hybridized carbons (Fsp3) is 0.360. The van der Waals surface area contributed by atoms with Crippen molar-refractivity contribution >= 4 is 29.4 Å². The van der Waals surface area contributed by atoms with Gasteiger partial charge in [-0.1, -0.05) is 24.3 Å². The number of carbonyl (C=O) groups is 3. The molecule has 3 aromatic rings. The molecule has 1 saturated heterocycles. The highest BCUT2D eigenvalue weighted by atomic mass is 16.4. The van der Waals surface area contributed by atoms with E-state index in [4.69, 9.17) is 0 Å². The number of aromatic nitrogens is 4. The maximum Gasteiger partial charge on any atom is 0.324 e. The molecule has 0 aliphatic carbocycles. The Morgan fingerprint density at radius 1 is 1.08 bits per heavy atom. The molecular formula is C25H29N7O4. The Kier molecular flexibility index (Phi) is 7.28. The van der Waals surface area contributed by atoms with E-state index in [0.29, 0.717) is 23.9 Å². The van der Waals surface area contributed by atoms with Crippen molar-refractivity contribution in [3.63, 3.8) is 0 Å². The van der Waals surface area contributed by atoms with Crippen LogP contribution in [0.2, 0.25) is 0 Å². The van der Waals surface area contributed by atoms with E-state index in [1.165, 1.54) is 11.0 Å². The Hall–Kier alpha value is -4.28. The lowest BCUT2D eigenvalue weighted by atomic mass is 9.94. The van der Waals surface area contributed by atoms with Crippen molar-refractivity contribution < 1.29 is 19.5 Å². The summed E-state index contributed by atoms with van der Waals surface area (Å²) in [5.41, 5.74) is 0.413. The molecule has 36 heavy (non-hydrogen) atoms. The van der Waals surface area contributed by atoms with Gasteiger partial charge in [0.15, 0.2) is 5.82 Å². The minimum Gasteiger partial charge on any atom is -0.481 e. The van der Waals surface area contributed by atoms with E-state index < -0.39 is 17.4 Å². The van der Waals surface area contributed by atoms with Gasteiger partial charge in [-0.25, -0.2) is 14.8 Å². The van der Waals surface area contributed by atoms with Gasteiger partial charge in [-0.15, -0.1) is 0 Å². The molecule has 188 valence electrons. The van der Waals surface area contributed by atoms with E-state index in [2.05, 4.69) is 25.7 Å². The van der Waals surface area contributed by atoms with E-state index in [1.54, 1.807) is 49.2 Å². The van der Waals surface area contributed by atoms with Gasteiger partial charge in [0.05, 0.1) is 24.4 Å². The van der Waals surface area contributed by atoms with Crippen LogP contribution in [0.5, 0.6) is 0 Å². The van der Waals surface area contributed by atoms with Crippen LogP contribution in [0.1, 0.15) is 44.1 Å². The predicted molar refractivity (Wildman–Crippen MR) is 132 cm³/mol. The number of pyridine rings is 1. The number of hydrogen-bond donors (Lipinski definition) is 3. The molecule has 1 aromatic carbocycles. The summed E-state index contributed by atoms with van der Waals surface area (Å²) in [7, 11) is 0. The number of amides is 3. The number of urea groups is 1. The van der Waals surface area contributed by atoms with Crippen molar-refractivity contribution in [3.05, 3.63) is 66.4 Å². The first-order valence-corrected chi connectivity index (χ1v) is 11.7. The highest BCUT2D eigenvalue weighted by Gasteiger charge is 2.33. The van der Waals surface area contributed by atoms with Crippen molar-refractivity contribution in [2.45, 2.75) is 45.7 Å². The minimum atomic E-state index is -0.980. The second-order valence-electron chi connectivity index (χ2n) is 9.41. The molecule has 3 amide bonds. The van der Waals surface area contributed by atoms with Gasteiger partial charge in [0.25, 0.3) is 0 Å². The first-order chi connectivity index (χ1) is 17.2. The van der Waals surface area contributed by atoms with Crippen LogP contribution in [-0.4, -0.2) is 54.2 Å². The van der Waals surface area contributed by atoms with Crippen LogP contribution in [0, 0.1) is 5.41 Å². The number of hydrogen-bond acceptors (Lipinski definition) is 6. The Morgan fingerprint density at radius 2 is 1.86 bits per heavy atom. The van der Waals surface area contributed by atoms with Crippen LogP contribution >= 0.6 is 0 Å². The van der Waals surface area contributed by atoms with Gasteiger partial charge in [0.1, 0.15) is 12.1 Å². The third-order valence-electron chi connectivity index (χ3n) is 6.01. The number of likely N-dealkylation sites (tertiary alicyclic amines) is 1. The highest BCUT2D eigenvalue weighted by molar-refractivity contribution is 5.99. The van der Waals surface area contributed by atoms with E-state index >= 15 is 0 Å². The van der Waals surface area contributed by atoms with Crippen LogP contribution in [0.4, 0.5) is 16.3 Å². The first kappa shape index (κ1) is 24.8. The third-order valence-corrected chi connectivity index (χ3v) is 6.01. The van der Waals surface area contributed by atoms with E-state index in [0.717, 1.165) is 18.4 Å². The number of rotatable bonds is 8. The minimum absolute atomic E-state index is 0.0657. The molecule has 0 radical (unpaired) electrons. The summed E-state index contributed by atoms with van der Waals surface area (Å²) in [4.78, 5) is 47.0. The maximum atomic E-state index is 13.1. The standard InChI is InChI=1S/C25H29N7O4/c1-25(2,23(34)35)15-31-16-27-22(30-31)19-9-6-12-32(19)21(33)13-17-10-11-20(26-14-17)29-24(36)28-18-7-4-3-5-8-18/h3-5,7-8,10-11,14,16,19H,6,9,12-13,15H2,1-2H3,(H,34,35)(H2,26,28,29,36). The zero-order chi connectivity index (χ0) is 25.7. The second-order valence-corrected chi connectivity index (χ2v) is 9.41. The van der Waals surface area contributed by atoms with Gasteiger partial charge in [-0.3, -0.25) is 19.6 Å². The lowest BCUT2D eigenvalue weighted by Gasteiger charge is -2.23. The fourth-order valence-corrected chi connectivity index (χ4v) is 4.02. The van der Waals surface area contributed by atoms with Crippen LogP contribution in [0.3, 0.4) is 0 Å². The summed E-state index contributed by atoms with van der Waals surface area (Å²) in [6, 6.07) is 11.8. The summed E-state index contributed by atoms with van der Waals surface area (Å²) in [6.07, 6.45) is 4.83. The molecule has 3 N–H and O–H groups in total. The Morgan fingerprint density at radius 3 is 2.56 bits per heavy atom. The van der Waals surface area contributed by atoms with Gasteiger partial charge in [-0.2, -0.15) is 5.10 Å². The van der Waals surface area contributed by atoms with Gasteiger partial charge >= 0.3 is 12.0 Å². The van der Waals surface area contributed by atoms with Crippen LogP contribution in [0.25, 0.3) is 0 Å². The van der Waals surface area contributed by atoms with Crippen molar-refractivity contribution in [3.8, 4) is 0 Å². The van der Waals surface area contributed by atoms with Gasteiger partial charge < -0.3 is 15.3 Å². The summed E-state index contributed by atoms with van der Waals surface area (Å²) in [5, 5.41) is 19.2. The predicted octanol–water partition coefficient (Wildman–Crippen LogP) is 3.33. The number of nitrogens with one attached hydrogen (secondary N) is 2. The summed E-state index contributed by atoms with van der Waals surface area (Å²) >= 11 is 0. The quantitative estimate of drug-likeness (QED) is 0.439. The molecule has 2 aromatic heterocycles. The van der Waals surface area contributed by atoms with Crippen LogP contribution in [0.15, 0.2) is 55.0 Å². The van der Waals surface area contributed by atoms with Gasteiger partial charge in [0, 0.05) is 18.4 Å². The van der Waals surface area contributed by atoms with Crippen LogP contribution in [-0.2, 0) is 22.6 Å². The zero-order valence-corrected chi connectivity index (χ0v) is 20.2. The molecule has 1 fully saturated rings. The topological polar surface area (TPSA) is 142 Å². The van der Waals surface area contributed by atoms with Crippen LogP contribution < -0.4 is 10.6 Å². The average Bonchev–Trinajstić information content (AvgIpc) is 3.50. The SMILES string of the molecule is CC(C)(Cn1cnc(C2CCCN2C(=O)Cc2ccc(NC(=O)Nc3ccccc3)nc2)n1)C(=O)O. The smallest absolute Gasteiger partial charge is 0.324 e. The summed E-state index contributed by atoms with van der Waals surface area (Å²) in [6.45, 7) is 4.05. The molecular weight excluding hydrogens is 462 g/mol. The molecule has 11 nitrogen and oxygen atoms in total. The second kappa shape index (κ2) is 10.5. The first-order valence-electron chi connectivity index (χ1n) is 11.7. The molecule has 4 rings (SSSR count). The molecule has 3 heterocycles. The number of para-hydroxylation sites is 1. The molecule has 11 heteroatoms. The molecule has 1 unspecified atom stereocenters. The monoisotopic (exact) mass is 491 g/mol. The van der Waals surface area contributed by atoms with Crippen molar-refractivity contribution in [1.82, 2.24) is 24.6 Å². The molecule has 0 saturated carbocycles. The van der Waals surface area contributed by atoms with E-state index in [9.17, 15) is 19.5 Å². The largest absolute Gasteiger partial charge is 0.481 e. The van der Waals surface area contributed by atoms with Gasteiger partial charge in [-0.05, 0) is 50.5 Å². The van der Waals surface area contributed by atoms with E-state index in [1.807, 2.05) is 18.2 Å². The van der Waals surface area contributed by atoms with Crippen molar-refractivity contribution in [2.24, 2.45) is 5.41 Å². The molecule has 1 aliphatic heterocycles. The number of anilines is 2. The molecule has 0 spiro atoms. The summed E-state index contributed by atoms with van der Waals surface area (Å²) < 4.78 is 1.52. The highest BCUT2D eigenvalue weighted by Crippen LogP contribution is 2.30. The zero-order valence-electron chi connectivity index (χ0n) is 20.2. The molecule has 0 bridgehead atoms. The fourth-order valence-electron chi connectivity index (χ4n) is 4.02. The van der Waals surface area contributed by atoms with Crippen molar-refractivity contribution in [1.29, 1.82) is 0 Å². The number of carboxylic acid groups (broad SMARTS) is 1. The summed E-state index contributed by atoms with van der Waals surface area (Å²) in [5.74, 6) is -0.0882. The molecule has 1 aliphatic rings. The van der Waals surface area contributed by atoms with Crippen molar-refractivity contribution in [2.75, 3.05) is 17.2 Å². The van der Waals surface area contributed by atoms with Gasteiger partial charge in [0.2, 0.25) is 5.91 Å². The Labute approximate surface area is 208 Å². The normalized spacial score (nSPS) is 15.5. The number of aliphatic carboxylic acids is 1. The Balaban J connectivity index is 1.34. The number of benzene rings is 1. The lowest BCUT2D eigenvalue weighted by molar-refractivity contribution is -0.147. The number of carboxylic acids is 1. The molecule has 1 atom stereocenters. The number of carbonyl (C=O) groups excluding carboxylic acids is 2.